The van der Waals surface area contributed by atoms with E-state index in [2.05, 4.69) is 25.6 Å². The van der Waals surface area contributed by atoms with Crippen molar-refractivity contribution in [2.45, 2.75) is 24.5 Å². The average molecular weight is 544 g/mol. The minimum absolute atomic E-state index is 0.141. The van der Waals surface area contributed by atoms with Crippen LogP contribution in [0.2, 0.25) is 0 Å². The van der Waals surface area contributed by atoms with E-state index in [0.29, 0.717) is 27.9 Å². The summed E-state index contributed by atoms with van der Waals surface area (Å²) in [5, 5.41) is 27.2. The Morgan fingerprint density at radius 1 is 0.925 bits per heavy atom. The molecule has 0 radical (unpaired) electrons. The molecule has 6 rings (SSSR count). The molecule has 1 saturated heterocycles. The van der Waals surface area contributed by atoms with Crippen LogP contribution >= 0.6 is 0 Å². The highest BCUT2D eigenvalue weighted by Crippen LogP contribution is 2.32. The molecule has 0 aliphatic carbocycles. The van der Waals surface area contributed by atoms with E-state index in [1.165, 1.54) is 22.1 Å². The van der Waals surface area contributed by atoms with Gasteiger partial charge >= 0.3 is 0 Å². The zero-order chi connectivity index (χ0) is 27.8. The monoisotopic (exact) mass is 543 g/mol. The average Bonchev–Trinajstić information content (AvgIpc) is 3.61. The fourth-order valence-corrected chi connectivity index (χ4v) is 4.90. The predicted octanol–water partition coefficient (Wildman–Crippen LogP) is 0.584. The lowest BCUT2D eigenvalue weighted by Crippen LogP contribution is -2.41. The van der Waals surface area contributed by atoms with E-state index in [9.17, 15) is 24.6 Å². The second-order valence-electron chi connectivity index (χ2n) is 9.42. The number of anilines is 1. The Morgan fingerprint density at radius 2 is 1.62 bits per heavy atom. The summed E-state index contributed by atoms with van der Waals surface area (Å²) in [5.41, 5.74) is 1.80. The molecular weight excluding hydrogens is 518 g/mol. The van der Waals surface area contributed by atoms with Crippen molar-refractivity contribution in [3.8, 4) is 0 Å². The number of ether oxygens (including phenoxy) is 1. The summed E-state index contributed by atoms with van der Waals surface area (Å²) in [7, 11) is 0. The highest BCUT2D eigenvalue weighted by molar-refractivity contribution is 6.21. The number of benzene rings is 2. The highest BCUT2D eigenvalue weighted by atomic mass is 16.6. The number of amides is 3. The molecule has 0 bridgehead atoms. The molecule has 1 fully saturated rings. The second kappa shape index (κ2) is 10.5. The number of aliphatic hydroxyl groups is 2. The number of hydrogen-bond donors (Lipinski definition) is 4. The van der Waals surface area contributed by atoms with Crippen molar-refractivity contribution in [1.29, 1.82) is 0 Å². The number of carbonyl (C=O) groups excluding carboxylic acids is 3. The number of imidazole rings is 1. The lowest BCUT2D eigenvalue weighted by molar-refractivity contribution is -0.0341. The Labute approximate surface area is 227 Å². The van der Waals surface area contributed by atoms with Gasteiger partial charge in [0.15, 0.2) is 23.2 Å². The number of fused-ring (bicyclic) bond motifs is 2. The summed E-state index contributed by atoms with van der Waals surface area (Å²) in [6.45, 7) is 0.560. The zero-order valence-electron chi connectivity index (χ0n) is 21.0. The van der Waals surface area contributed by atoms with Crippen LogP contribution in [-0.4, -0.2) is 90.3 Å². The molecule has 4 aromatic rings. The van der Waals surface area contributed by atoms with Crippen LogP contribution in [0.3, 0.4) is 0 Å². The highest BCUT2D eigenvalue weighted by Gasteiger charge is 2.44. The number of nitrogens with zero attached hydrogens (tertiary/aromatic N) is 5. The van der Waals surface area contributed by atoms with Gasteiger partial charge in [-0.05, 0) is 24.3 Å². The first-order valence-corrected chi connectivity index (χ1v) is 12.7. The molecule has 13 heteroatoms. The van der Waals surface area contributed by atoms with Crippen LogP contribution in [0.4, 0.5) is 5.82 Å². The van der Waals surface area contributed by atoms with E-state index in [1.807, 2.05) is 0 Å². The second-order valence-corrected chi connectivity index (χ2v) is 9.42. The largest absolute Gasteiger partial charge is 0.387 e. The van der Waals surface area contributed by atoms with E-state index in [-0.39, 0.29) is 43.2 Å². The first-order chi connectivity index (χ1) is 19.4. The summed E-state index contributed by atoms with van der Waals surface area (Å²) < 4.78 is 7.43. The summed E-state index contributed by atoms with van der Waals surface area (Å²) >= 11 is 0. The molecule has 1 unspecified atom stereocenters. The first-order valence-electron chi connectivity index (χ1n) is 12.7. The Hall–Kier alpha value is -4.56. The van der Waals surface area contributed by atoms with E-state index >= 15 is 0 Å². The topological polar surface area (TPSA) is 172 Å². The van der Waals surface area contributed by atoms with Crippen LogP contribution in [0.5, 0.6) is 0 Å². The van der Waals surface area contributed by atoms with Gasteiger partial charge in [0.25, 0.3) is 17.7 Å². The van der Waals surface area contributed by atoms with Crippen molar-refractivity contribution < 1.29 is 29.3 Å². The van der Waals surface area contributed by atoms with E-state index in [4.69, 9.17) is 4.74 Å². The molecule has 13 nitrogen and oxygen atoms in total. The van der Waals surface area contributed by atoms with Gasteiger partial charge in [0.05, 0.1) is 17.5 Å². The van der Waals surface area contributed by atoms with Gasteiger partial charge in [-0.25, -0.2) is 15.0 Å². The van der Waals surface area contributed by atoms with Crippen LogP contribution in [0.1, 0.15) is 37.3 Å². The summed E-state index contributed by atoms with van der Waals surface area (Å²) in [5.74, 6) is -0.862. The third-order valence-corrected chi connectivity index (χ3v) is 6.97. The van der Waals surface area contributed by atoms with E-state index < -0.39 is 24.5 Å². The molecule has 3 amide bonds. The normalized spacial score (nSPS) is 22.2. The molecule has 2 aromatic carbocycles. The minimum atomic E-state index is -1.29. The standard InChI is InChI=1S/C27H25N7O6/c35-20-18(12-28-10-11-33-25(38)16-8-4-5-9-17(16)26(33)39)40-27(21(20)36)34-14-31-19-22(29-13-30-23(19)34)32-24(37)15-6-2-1-3-7-15/h1-9,13-14,18,20-21,27-28,35-36H,10-12H2,(H,29,30,32,37)/t18-,20?,21+,27-/m1/s1. The third kappa shape index (κ3) is 4.50. The number of aromatic nitrogens is 4. The summed E-state index contributed by atoms with van der Waals surface area (Å²) in [4.78, 5) is 51.5. The molecule has 2 aliphatic heterocycles. The van der Waals surface area contributed by atoms with Gasteiger partial charge < -0.3 is 25.6 Å². The van der Waals surface area contributed by atoms with E-state index in [1.54, 1.807) is 54.6 Å². The lowest BCUT2D eigenvalue weighted by atomic mass is 10.1. The van der Waals surface area contributed by atoms with Gasteiger partial charge in [-0.2, -0.15) is 0 Å². The van der Waals surface area contributed by atoms with Crippen molar-refractivity contribution in [3.05, 3.63) is 83.9 Å². The number of aliphatic hydroxyl groups excluding tert-OH is 2. The quantitative estimate of drug-likeness (QED) is 0.182. The number of nitrogens with one attached hydrogen (secondary N) is 2. The Morgan fingerprint density at radius 3 is 2.35 bits per heavy atom. The van der Waals surface area contributed by atoms with Crippen LogP contribution in [0.15, 0.2) is 67.3 Å². The molecule has 2 aromatic heterocycles. The van der Waals surface area contributed by atoms with Gasteiger partial charge in [-0.3, -0.25) is 23.9 Å². The first kappa shape index (κ1) is 25.7. The van der Waals surface area contributed by atoms with Gasteiger partial charge in [-0.1, -0.05) is 30.3 Å². The van der Waals surface area contributed by atoms with Crippen LogP contribution in [-0.2, 0) is 4.74 Å². The molecule has 2 aliphatic rings. The number of imide groups is 1. The molecule has 204 valence electrons. The number of hydrogen-bond acceptors (Lipinski definition) is 10. The van der Waals surface area contributed by atoms with Crippen LogP contribution in [0.25, 0.3) is 11.2 Å². The summed E-state index contributed by atoms with van der Waals surface area (Å²) in [6, 6.07) is 15.3. The minimum Gasteiger partial charge on any atom is -0.387 e. The number of carbonyl (C=O) groups is 3. The van der Waals surface area contributed by atoms with Crippen molar-refractivity contribution in [2.75, 3.05) is 25.0 Å². The molecule has 0 spiro atoms. The third-order valence-electron chi connectivity index (χ3n) is 6.97. The van der Waals surface area contributed by atoms with Crippen LogP contribution in [0, 0.1) is 0 Å². The molecular formula is C27H25N7O6. The Balaban J connectivity index is 1.09. The van der Waals surface area contributed by atoms with Gasteiger partial charge in [0, 0.05) is 25.2 Å². The van der Waals surface area contributed by atoms with Crippen molar-refractivity contribution >= 4 is 34.7 Å². The van der Waals surface area contributed by atoms with Crippen molar-refractivity contribution in [1.82, 2.24) is 29.7 Å². The van der Waals surface area contributed by atoms with Crippen LogP contribution < -0.4 is 10.6 Å². The maximum Gasteiger partial charge on any atom is 0.261 e. The maximum atomic E-state index is 12.6. The van der Waals surface area contributed by atoms with Gasteiger partial charge in [0.1, 0.15) is 24.6 Å². The molecule has 40 heavy (non-hydrogen) atoms. The zero-order valence-corrected chi connectivity index (χ0v) is 21.0. The lowest BCUT2D eigenvalue weighted by Gasteiger charge is -2.18. The molecule has 4 N–H and O–H groups in total. The van der Waals surface area contributed by atoms with Crippen molar-refractivity contribution in [3.63, 3.8) is 0 Å². The van der Waals surface area contributed by atoms with Gasteiger partial charge in [0.2, 0.25) is 0 Å². The maximum absolute atomic E-state index is 12.6. The Kier molecular flexibility index (Phi) is 6.77. The Bertz CT molecular complexity index is 1560. The van der Waals surface area contributed by atoms with E-state index in [0.717, 1.165) is 0 Å². The van der Waals surface area contributed by atoms with Crippen molar-refractivity contribution in [2.24, 2.45) is 0 Å². The molecule has 4 heterocycles. The smallest absolute Gasteiger partial charge is 0.261 e. The number of rotatable bonds is 8. The van der Waals surface area contributed by atoms with Gasteiger partial charge in [-0.15, -0.1) is 0 Å². The fraction of sp³-hybridized carbons (Fsp3) is 0.259. The predicted molar refractivity (Wildman–Crippen MR) is 140 cm³/mol. The molecule has 0 saturated carbocycles. The SMILES string of the molecule is O=C(Nc1ncnc2c1ncn2[C@@H]1O[C@H](CNCCN2C(=O)c3ccccc3C2=O)C(O)[C@@H]1O)c1ccccc1. The summed E-state index contributed by atoms with van der Waals surface area (Å²) in [6.07, 6.45) is -1.66. The fourth-order valence-electron chi connectivity index (χ4n) is 4.90. The molecule has 4 atom stereocenters.